The summed E-state index contributed by atoms with van der Waals surface area (Å²) in [6, 6.07) is 8.81. The maximum absolute atomic E-state index is 12.8. The van der Waals surface area contributed by atoms with Crippen LogP contribution in [0.4, 0.5) is 13.2 Å². The molecule has 0 atom stereocenters. The number of rotatable bonds is 3. The highest BCUT2D eigenvalue weighted by Crippen LogP contribution is 2.30. The van der Waals surface area contributed by atoms with Gasteiger partial charge in [0.15, 0.2) is 5.82 Å². The molecule has 3 aromatic rings. The van der Waals surface area contributed by atoms with Gasteiger partial charge in [-0.2, -0.15) is 18.2 Å². The van der Waals surface area contributed by atoms with Crippen molar-refractivity contribution in [2.75, 3.05) is 0 Å². The first-order valence-corrected chi connectivity index (χ1v) is 6.55. The number of nitrogens with zero attached hydrogens (tertiary/aromatic N) is 3. The van der Waals surface area contributed by atoms with Gasteiger partial charge in [0.05, 0.1) is 5.56 Å². The fraction of sp³-hybridized carbons (Fsp3) is 0.200. The molecule has 0 amide bonds. The summed E-state index contributed by atoms with van der Waals surface area (Å²) in [5.74, 6) is 0.844. The monoisotopic (exact) mass is 307 g/mol. The lowest BCUT2D eigenvalue weighted by Gasteiger charge is -2.10. The van der Waals surface area contributed by atoms with Gasteiger partial charge >= 0.3 is 6.18 Å². The Morgan fingerprint density at radius 2 is 2.00 bits per heavy atom. The summed E-state index contributed by atoms with van der Waals surface area (Å²) in [5, 5.41) is 3.72. The van der Waals surface area contributed by atoms with Crippen LogP contribution in [0.5, 0.6) is 0 Å². The zero-order chi connectivity index (χ0) is 15.7. The van der Waals surface area contributed by atoms with Gasteiger partial charge in [-0.1, -0.05) is 17.3 Å². The molecule has 0 aliphatic heterocycles. The van der Waals surface area contributed by atoms with E-state index in [-0.39, 0.29) is 6.54 Å². The minimum atomic E-state index is -4.35. The minimum Gasteiger partial charge on any atom is -0.339 e. The third kappa shape index (κ3) is 2.88. The number of aryl methyl sites for hydroxylation is 1. The van der Waals surface area contributed by atoms with Crippen LogP contribution in [0.2, 0.25) is 0 Å². The molecule has 3 rings (SSSR count). The smallest absolute Gasteiger partial charge is 0.339 e. The van der Waals surface area contributed by atoms with Gasteiger partial charge in [0.2, 0.25) is 0 Å². The second kappa shape index (κ2) is 5.32. The molecular weight excluding hydrogens is 295 g/mol. The summed E-state index contributed by atoms with van der Waals surface area (Å²) in [4.78, 5) is 4.13. The first-order chi connectivity index (χ1) is 10.4. The molecule has 2 aromatic heterocycles. The molecule has 0 saturated carbocycles. The topological polar surface area (TPSA) is 43.9 Å². The summed E-state index contributed by atoms with van der Waals surface area (Å²) >= 11 is 0. The Morgan fingerprint density at radius 3 is 2.68 bits per heavy atom. The highest BCUT2D eigenvalue weighted by molar-refractivity contribution is 5.48. The third-order valence-electron chi connectivity index (χ3n) is 3.18. The largest absolute Gasteiger partial charge is 0.416 e. The number of benzene rings is 1. The van der Waals surface area contributed by atoms with Gasteiger partial charge in [-0.3, -0.25) is 0 Å². The van der Waals surface area contributed by atoms with Crippen molar-refractivity contribution in [3.63, 3.8) is 0 Å². The standard InChI is InChI=1S/C15H12F3N3O/c1-10-19-14(22-20-10)13-6-3-7-21(13)9-11-4-2-5-12(8-11)15(16,17)18/h2-8H,9H2,1H3. The molecule has 0 aliphatic rings. The molecule has 0 bridgehead atoms. The minimum absolute atomic E-state index is 0.285. The molecule has 0 aliphatic carbocycles. The summed E-state index contributed by atoms with van der Waals surface area (Å²) < 4.78 is 45.1. The summed E-state index contributed by atoms with van der Waals surface area (Å²) in [5.41, 5.74) is 0.550. The van der Waals surface area contributed by atoms with E-state index in [0.717, 1.165) is 12.1 Å². The number of halogens is 3. The van der Waals surface area contributed by atoms with Gasteiger partial charge < -0.3 is 9.09 Å². The lowest BCUT2D eigenvalue weighted by atomic mass is 10.1. The van der Waals surface area contributed by atoms with E-state index in [4.69, 9.17) is 4.52 Å². The molecule has 0 spiro atoms. The molecule has 0 fully saturated rings. The van der Waals surface area contributed by atoms with E-state index in [1.807, 2.05) is 0 Å². The second-order valence-electron chi connectivity index (χ2n) is 4.87. The average Bonchev–Trinajstić information content (AvgIpc) is 3.07. The van der Waals surface area contributed by atoms with Crippen molar-refractivity contribution in [1.82, 2.24) is 14.7 Å². The molecule has 22 heavy (non-hydrogen) atoms. The lowest BCUT2D eigenvalue weighted by molar-refractivity contribution is -0.137. The lowest BCUT2D eigenvalue weighted by Crippen LogP contribution is -2.07. The molecule has 114 valence electrons. The van der Waals surface area contributed by atoms with E-state index < -0.39 is 11.7 Å². The fourth-order valence-electron chi connectivity index (χ4n) is 2.19. The molecule has 0 N–H and O–H groups in total. The Bertz CT molecular complexity index is 789. The zero-order valence-electron chi connectivity index (χ0n) is 11.6. The van der Waals surface area contributed by atoms with E-state index >= 15 is 0 Å². The van der Waals surface area contributed by atoms with Crippen LogP contribution < -0.4 is 0 Å². The number of alkyl halides is 3. The van der Waals surface area contributed by atoms with Crippen molar-refractivity contribution in [3.05, 3.63) is 59.5 Å². The Labute approximate surface area is 124 Å². The maximum atomic E-state index is 12.8. The summed E-state index contributed by atoms with van der Waals surface area (Å²) in [6.07, 6.45) is -2.59. The maximum Gasteiger partial charge on any atom is 0.416 e. The number of hydrogen-bond acceptors (Lipinski definition) is 3. The normalized spacial score (nSPS) is 11.8. The number of hydrogen-bond donors (Lipinski definition) is 0. The van der Waals surface area contributed by atoms with Crippen molar-refractivity contribution in [1.29, 1.82) is 0 Å². The second-order valence-corrected chi connectivity index (χ2v) is 4.87. The van der Waals surface area contributed by atoms with Crippen molar-refractivity contribution in [2.45, 2.75) is 19.6 Å². The van der Waals surface area contributed by atoms with E-state index in [2.05, 4.69) is 10.1 Å². The van der Waals surface area contributed by atoms with Crippen molar-refractivity contribution in [2.24, 2.45) is 0 Å². The highest BCUT2D eigenvalue weighted by atomic mass is 19.4. The van der Waals surface area contributed by atoms with Crippen LogP contribution >= 0.6 is 0 Å². The number of aromatic nitrogens is 3. The van der Waals surface area contributed by atoms with Crippen LogP contribution in [0.15, 0.2) is 47.1 Å². The average molecular weight is 307 g/mol. The van der Waals surface area contributed by atoms with Gasteiger partial charge in [-0.25, -0.2) is 0 Å². The molecule has 0 saturated heterocycles. The predicted molar refractivity (Wildman–Crippen MR) is 73.0 cm³/mol. The van der Waals surface area contributed by atoms with Gasteiger partial charge in [-0.05, 0) is 36.8 Å². The predicted octanol–water partition coefficient (Wildman–Crippen LogP) is 3.91. The molecule has 0 radical (unpaired) electrons. The van der Waals surface area contributed by atoms with E-state index in [1.54, 1.807) is 35.9 Å². The molecule has 2 heterocycles. The Hall–Kier alpha value is -2.57. The van der Waals surface area contributed by atoms with Gasteiger partial charge in [-0.15, -0.1) is 0 Å². The van der Waals surface area contributed by atoms with Gasteiger partial charge in [0.1, 0.15) is 5.69 Å². The molecule has 1 aromatic carbocycles. The Morgan fingerprint density at radius 1 is 1.18 bits per heavy atom. The van der Waals surface area contributed by atoms with Crippen LogP contribution in [0.1, 0.15) is 17.0 Å². The Balaban J connectivity index is 1.90. The van der Waals surface area contributed by atoms with Crippen molar-refractivity contribution in [3.8, 4) is 11.6 Å². The zero-order valence-corrected chi connectivity index (χ0v) is 11.6. The van der Waals surface area contributed by atoms with Crippen LogP contribution in [0.3, 0.4) is 0 Å². The van der Waals surface area contributed by atoms with E-state index in [1.165, 1.54) is 6.07 Å². The van der Waals surface area contributed by atoms with E-state index in [0.29, 0.717) is 23.0 Å². The van der Waals surface area contributed by atoms with Crippen LogP contribution in [-0.2, 0) is 12.7 Å². The quantitative estimate of drug-likeness (QED) is 0.737. The molecule has 7 heteroatoms. The molecule has 4 nitrogen and oxygen atoms in total. The third-order valence-corrected chi connectivity index (χ3v) is 3.18. The highest BCUT2D eigenvalue weighted by Gasteiger charge is 2.30. The first kappa shape index (κ1) is 14.4. The van der Waals surface area contributed by atoms with Gasteiger partial charge in [0, 0.05) is 12.7 Å². The van der Waals surface area contributed by atoms with Crippen LogP contribution in [0.25, 0.3) is 11.6 Å². The van der Waals surface area contributed by atoms with Gasteiger partial charge in [0.25, 0.3) is 5.89 Å². The molecule has 0 unspecified atom stereocenters. The fourth-order valence-corrected chi connectivity index (χ4v) is 2.19. The molecular formula is C15H12F3N3O. The first-order valence-electron chi connectivity index (χ1n) is 6.55. The SMILES string of the molecule is Cc1noc(-c2cccn2Cc2cccc(C(F)(F)F)c2)n1. The summed E-state index contributed by atoms with van der Waals surface area (Å²) in [6.45, 7) is 1.99. The summed E-state index contributed by atoms with van der Waals surface area (Å²) in [7, 11) is 0. The Kier molecular flexibility index (Phi) is 3.48. The van der Waals surface area contributed by atoms with Crippen molar-refractivity contribution >= 4 is 0 Å². The van der Waals surface area contributed by atoms with Crippen LogP contribution in [0, 0.1) is 6.92 Å². The van der Waals surface area contributed by atoms with Crippen LogP contribution in [-0.4, -0.2) is 14.7 Å². The van der Waals surface area contributed by atoms with Crippen molar-refractivity contribution < 1.29 is 17.7 Å². The van der Waals surface area contributed by atoms with E-state index in [9.17, 15) is 13.2 Å².